The lowest BCUT2D eigenvalue weighted by Gasteiger charge is -2.31. The fourth-order valence-corrected chi connectivity index (χ4v) is 4.04. The van der Waals surface area contributed by atoms with Gasteiger partial charge in [-0.05, 0) is 26.7 Å². The van der Waals surface area contributed by atoms with E-state index in [-0.39, 0.29) is 5.91 Å². The van der Waals surface area contributed by atoms with Gasteiger partial charge in [0.1, 0.15) is 5.54 Å². The van der Waals surface area contributed by atoms with Crippen LogP contribution >= 0.6 is 22.7 Å². The van der Waals surface area contributed by atoms with Crippen LogP contribution < -0.4 is 11.1 Å². The van der Waals surface area contributed by atoms with Crippen molar-refractivity contribution in [3.05, 3.63) is 16.1 Å². The van der Waals surface area contributed by atoms with Gasteiger partial charge in [0.05, 0.1) is 21.3 Å². The molecule has 22 heavy (non-hydrogen) atoms. The predicted octanol–water partition coefficient (Wildman–Crippen LogP) is 2.33. The van der Waals surface area contributed by atoms with Crippen LogP contribution in [0.3, 0.4) is 0 Å². The van der Waals surface area contributed by atoms with E-state index >= 15 is 0 Å². The van der Waals surface area contributed by atoms with Crippen LogP contribution in [0.1, 0.15) is 23.5 Å². The highest BCUT2D eigenvalue weighted by molar-refractivity contribution is 7.16. The van der Waals surface area contributed by atoms with Crippen molar-refractivity contribution in [2.45, 2.75) is 32.2 Å². The van der Waals surface area contributed by atoms with Gasteiger partial charge in [0.15, 0.2) is 5.13 Å². The maximum atomic E-state index is 12.4. The highest BCUT2D eigenvalue weighted by Gasteiger charge is 2.36. The summed E-state index contributed by atoms with van der Waals surface area (Å²) < 4.78 is 5.26. The normalized spacial score (nSPS) is 17.4. The molecule has 6 nitrogen and oxygen atoms in total. The zero-order valence-electron chi connectivity index (χ0n) is 12.5. The third-order valence-corrected chi connectivity index (χ3v) is 5.55. The summed E-state index contributed by atoms with van der Waals surface area (Å²) in [6.45, 7) is 4.98. The van der Waals surface area contributed by atoms with Crippen LogP contribution in [-0.4, -0.2) is 34.6 Å². The van der Waals surface area contributed by atoms with Gasteiger partial charge in [0, 0.05) is 18.6 Å². The van der Waals surface area contributed by atoms with Crippen molar-refractivity contribution in [3.63, 3.8) is 0 Å². The maximum Gasteiger partial charge on any atom is 0.246 e. The summed E-state index contributed by atoms with van der Waals surface area (Å²) in [5, 5.41) is 6.35. The third-order valence-electron chi connectivity index (χ3n) is 3.70. The van der Waals surface area contributed by atoms with Gasteiger partial charge in [0.25, 0.3) is 0 Å². The summed E-state index contributed by atoms with van der Waals surface area (Å²) in [6.07, 6.45) is 1.06. The second-order valence-electron chi connectivity index (χ2n) is 5.41. The summed E-state index contributed by atoms with van der Waals surface area (Å²) >= 11 is 3.01. The van der Waals surface area contributed by atoms with Crippen molar-refractivity contribution < 1.29 is 9.53 Å². The van der Waals surface area contributed by atoms with Gasteiger partial charge in [-0.3, -0.25) is 4.79 Å². The Morgan fingerprint density at radius 1 is 1.36 bits per heavy atom. The summed E-state index contributed by atoms with van der Waals surface area (Å²) in [4.78, 5) is 22.3. The molecule has 0 aliphatic carbocycles. The molecule has 8 heteroatoms. The van der Waals surface area contributed by atoms with Crippen LogP contribution in [0.4, 0.5) is 5.13 Å². The number of nitrogens with one attached hydrogen (secondary N) is 1. The van der Waals surface area contributed by atoms with Crippen LogP contribution in [0.5, 0.6) is 0 Å². The first-order chi connectivity index (χ1) is 10.5. The molecule has 3 rings (SSSR count). The van der Waals surface area contributed by atoms with Gasteiger partial charge in [-0.15, -0.1) is 22.7 Å². The van der Waals surface area contributed by atoms with Crippen molar-refractivity contribution in [2.24, 2.45) is 5.73 Å². The zero-order chi connectivity index (χ0) is 15.7. The van der Waals surface area contributed by atoms with Gasteiger partial charge >= 0.3 is 0 Å². The third kappa shape index (κ3) is 3.05. The fourth-order valence-electron chi connectivity index (χ4n) is 2.39. The molecule has 3 N–H and O–H groups in total. The first-order valence-corrected chi connectivity index (χ1v) is 8.75. The number of aromatic nitrogens is 2. The molecule has 0 atom stereocenters. The summed E-state index contributed by atoms with van der Waals surface area (Å²) in [5.74, 6) is -0.186. The summed E-state index contributed by atoms with van der Waals surface area (Å²) in [5.41, 5.74) is 7.12. The predicted molar refractivity (Wildman–Crippen MR) is 88.3 cm³/mol. The Balaban J connectivity index is 1.74. The van der Waals surface area contributed by atoms with Crippen LogP contribution in [-0.2, 0) is 9.53 Å². The van der Waals surface area contributed by atoms with Crippen LogP contribution in [0.15, 0.2) is 5.38 Å². The number of nitrogens with zero attached hydrogens (tertiary/aromatic N) is 2. The van der Waals surface area contributed by atoms with E-state index in [1.165, 1.54) is 11.3 Å². The summed E-state index contributed by atoms with van der Waals surface area (Å²) in [7, 11) is 0. The molecule has 1 saturated heterocycles. The standard InChI is InChI=1S/C14H18N4O2S2/c1-8-11(22-9(2)16-8)10-7-21-13(17-10)18-12(19)14(15)3-5-20-6-4-14/h7H,3-6,15H2,1-2H3,(H,17,18,19). The van der Waals surface area contributed by atoms with Crippen molar-refractivity contribution in [2.75, 3.05) is 18.5 Å². The monoisotopic (exact) mass is 338 g/mol. The number of carbonyl (C=O) groups is 1. The molecule has 0 saturated carbocycles. The Labute approximate surface area is 136 Å². The van der Waals surface area contributed by atoms with Crippen molar-refractivity contribution in [1.29, 1.82) is 0 Å². The number of anilines is 1. The smallest absolute Gasteiger partial charge is 0.246 e. The van der Waals surface area contributed by atoms with E-state index in [0.29, 0.717) is 31.2 Å². The van der Waals surface area contributed by atoms with E-state index in [1.54, 1.807) is 11.3 Å². The van der Waals surface area contributed by atoms with Gasteiger partial charge in [-0.2, -0.15) is 0 Å². The number of carbonyl (C=O) groups excluding carboxylic acids is 1. The Kier molecular flexibility index (Phi) is 4.26. The quantitative estimate of drug-likeness (QED) is 0.896. The van der Waals surface area contributed by atoms with Crippen LogP contribution in [0.25, 0.3) is 10.6 Å². The highest BCUT2D eigenvalue weighted by atomic mass is 32.1. The van der Waals surface area contributed by atoms with E-state index < -0.39 is 5.54 Å². The Morgan fingerprint density at radius 2 is 2.09 bits per heavy atom. The molecule has 1 aliphatic rings. The first-order valence-electron chi connectivity index (χ1n) is 7.06. The van der Waals surface area contributed by atoms with Crippen molar-refractivity contribution in [3.8, 4) is 10.6 Å². The topological polar surface area (TPSA) is 90.1 Å². The van der Waals surface area contributed by atoms with Gasteiger partial charge in [-0.1, -0.05) is 0 Å². The summed E-state index contributed by atoms with van der Waals surface area (Å²) in [6, 6.07) is 0. The minimum Gasteiger partial charge on any atom is -0.381 e. The molecular formula is C14H18N4O2S2. The van der Waals surface area contributed by atoms with E-state index in [1.807, 2.05) is 19.2 Å². The molecule has 0 spiro atoms. The number of rotatable bonds is 3. The van der Waals surface area contributed by atoms with E-state index in [2.05, 4.69) is 15.3 Å². The highest BCUT2D eigenvalue weighted by Crippen LogP contribution is 2.32. The first kappa shape index (κ1) is 15.5. The lowest BCUT2D eigenvalue weighted by Crippen LogP contribution is -2.54. The number of aryl methyl sites for hydroxylation is 2. The molecule has 1 aliphatic heterocycles. The molecule has 0 aromatic carbocycles. The van der Waals surface area contributed by atoms with E-state index in [0.717, 1.165) is 21.3 Å². The molecule has 2 aromatic rings. The number of ether oxygens (including phenoxy) is 1. The molecule has 3 heterocycles. The number of thiazole rings is 2. The van der Waals surface area contributed by atoms with Crippen LogP contribution in [0, 0.1) is 13.8 Å². The van der Waals surface area contributed by atoms with Crippen molar-refractivity contribution >= 4 is 33.7 Å². The fraction of sp³-hybridized carbons (Fsp3) is 0.500. The second-order valence-corrected chi connectivity index (χ2v) is 7.47. The number of nitrogens with two attached hydrogens (primary N) is 1. The van der Waals surface area contributed by atoms with E-state index in [9.17, 15) is 4.79 Å². The van der Waals surface area contributed by atoms with Gasteiger partial charge in [-0.25, -0.2) is 9.97 Å². The molecular weight excluding hydrogens is 320 g/mol. The second kappa shape index (κ2) is 6.04. The molecule has 0 radical (unpaired) electrons. The average Bonchev–Trinajstić information content (AvgIpc) is 3.06. The Morgan fingerprint density at radius 3 is 2.73 bits per heavy atom. The Hall–Kier alpha value is -1.35. The van der Waals surface area contributed by atoms with E-state index in [4.69, 9.17) is 10.5 Å². The van der Waals surface area contributed by atoms with Crippen molar-refractivity contribution in [1.82, 2.24) is 9.97 Å². The molecule has 0 unspecified atom stereocenters. The minimum atomic E-state index is -0.860. The van der Waals surface area contributed by atoms with Gasteiger partial charge < -0.3 is 15.8 Å². The number of hydrogen-bond acceptors (Lipinski definition) is 7. The Bertz CT molecular complexity index is 689. The van der Waals surface area contributed by atoms with Crippen LogP contribution in [0.2, 0.25) is 0 Å². The maximum absolute atomic E-state index is 12.4. The lowest BCUT2D eigenvalue weighted by atomic mass is 9.90. The molecule has 118 valence electrons. The number of amides is 1. The van der Waals surface area contributed by atoms with Gasteiger partial charge in [0.2, 0.25) is 5.91 Å². The lowest BCUT2D eigenvalue weighted by molar-refractivity contribution is -0.124. The SMILES string of the molecule is Cc1nc(C)c(-c2csc(NC(=O)C3(N)CCOCC3)n2)s1. The molecule has 0 bridgehead atoms. The molecule has 1 amide bonds. The average molecular weight is 338 g/mol. The minimum absolute atomic E-state index is 0.186. The number of hydrogen-bond donors (Lipinski definition) is 2. The molecule has 1 fully saturated rings. The largest absolute Gasteiger partial charge is 0.381 e. The molecule has 2 aromatic heterocycles. The zero-order valence-corrected chi connectivity index (χ0v) is 14.1.